The summed E-state index contributed by atoms with van der Waals surface area (Å²) in [6.45, 7) is 0. The highest BCUT2D eigenvalue weighted by Crippen LogP contribution is 2.51. The van der Waals surface area contributed by atoms with Gasteiger partial charge in [0.15, 0.2) is 0 Å². The van der Waals surface area contributed by atoms with Gasteiger partial charge in [0.1, 0.15) is 5.69 Å². The monoisotopic (exact) mass is 688 g/mol. The van der Waals surface area contributed by atoms with Crippen molar-refractivity contribution in [3.63, 3.8) is 0 Å². The van der Waals surface area contributed by atoms with Crippen molar-refractivity contribution in [3.8, 4) is 27.9 Å². The molecule has 3 heteroatoms. The lowest BCUT2D eigenvalue weighted by Gasteiger charge is -2.20. The predicted octanol–water partition coefficient (Wildman–Crippen LogP) is 12.2. The number of aromatic nitrogens is 1. The molecule has 3 nitrogen and oxygen atoms in total. The first-order valence-corrected chi connectivity index (χ1v) is 18.6. The maximum atomic E-state index is 5.16. The van der Waals surface area contributed by atoms with Gasteiger partial charge in [-0.3, -0.25) is 0 Å². The van der Waals surface area contributed by atoms with Crippen molar-refractivity contribution in [1.29, 1.82) is 0 Å². The Kier molecular flexibility index (Phi) is 6.93. The van der Waals surface area contributed by atoms with Gasteiger partial charge in [-0.15, -0.1) is 0 Å². The third-order valence-electron chi connectivity index (χ3n) is 11.1. The molecule has 1 aliphatic heterocycles. The van der Waals surface area contributed by atoms with Crippen molar-refractivity contribution in [3.05, 3.63) is 228 Å². The molecule has 8 aromatic carbocycles. The van der Waals surface area contributed by atoms with Crippen molar-refractivity contribution in [2.75, 3.05) is 0 Å². The summed E-state index contributed by atoms with van der Waals surface area (Å²) in [5.41, 5.74) is 15.9. The third-order valence-corrected chi connectivity index (χ3v) is 11.1. The summed E-state index contributed by atoms with van der Waals surface area (Å²) < 4.78 is 4.72. The average Bonchev–Trinajstić information content (AvgIpc) is 3.72. The van der Waals surface area contributed by atoms with Crippen LogP contribution in [0.2, 0.25) is 0 Å². The minimum Gasteiger partial charge on any atom is -0.309 e. The van der Waals surface area contributed by atoms with E-state index in [-0.39, 0.29) is 5.92 Å². The predicted molar refractivity (Wildman–Crippen MR) is 222 cm³/mol. The van der Waals surface area contributed by atoms with Gasteiger partial charge in [0.25, 0.3) is 11.7 Å². The van der Waals surface area contributed by atoms with Gasteiger partial charge in [-0.2, -0.15) is 4.58 Å². The van der Waals surface area contributed by atoms with Gasteiger partial charge in [0.05, 0.1) is 22.2 Å². The zero-order valence-corrected chi connectivity index (χ0v) is 29.5. The van der Waals surface area contributed by atoms with E-state index in [0.29, 0.717) is 0 Å². The van der Waals surface area contributed by atoms with E-state index in [0.717, 1.165) is 34.2 Å². The number of aliphatic imine (C=N–C) groups is 1. The molecule has 54 heavy (non-hydrogen) atoms. The Morgan fingerprint density at radius 2 is 1.07 bits per heavy atom. The maximum absolute atomic E-state index is 5.16. The molecule has 0 saturated heterocycles. The first-order valence-electron chi connectivity index (χ1n) is 18.6. The summed E-state index contributed by atoms with van der Waals surface area (Å²) in [5, 5.41) is 2.51. The van der Waals surface area contributed by atoms with Crippen LogP contribution in [0.5, 0.6) is 0 Å². The number of hydrogen-bond acceptors (Lipinski definition) is 1. The van der Waals surface area contributed by atoms with Crippen LogP contribution in [0, 0.1) is 0 Å². The van der Waals surface area contributed by atoms with Crippen molar-refractivity contribution in [2.45, 2.75) is 5.92 Å². The Hall–Kier alpha value is -7.10. The molecule has 0 bridgehead atoms. The summed E-state index contributed by atoms with van der Waals surface area (Å²) in [4.78, 5) is 5.16. The van der Waals surface area contributed by atoms with Crippen molar-refractivity contribution in [2.24, 2.45) is 4.99 Å². The number of amidine groups is 2. The van der Waals surface area contributed by atoms with Crippen LogP contribution in [-0.4, -0.2) is 20.8 Å². The van der Waals surface area contributed by atoms with E-state index in [9.17, 15) is 0 Å². The summed E-state index contributed by atoms with van der Waals surface area (Å²) >= 11 is 0. The van der Waals surface area contributed by atoms with Gasteiger partial charge < -0.3 is 4.57 Å². The van der Waals surface area contributed by atoms with Gasteiger partial charge in [-0.25, -0.2) is 0 Å². The van der Waals surface area contributed by atoms with E-state index in [4.69, 9.17) is 4.99 Å². The molecular formula is C51H34N3+. The van der Waals surface area contributed by atoms with Crippen LogP contribution in [-0.2, 0) is 0 Å². The molecular weight excluding hydrogens is 655 g/mol. The smallest absolute Gasteiger partial charge is 0.279 e. The van der Waals surface area contributed by atoms with Crippen LogP contribution >= 0.6 is 0 Å². The zero-order chi connectivity index (χ0) is 35.6. The molecule has 0 spiro atoms. The van der Waals surface area contributed by atoms with E-state index in [2.05, 4.69) is 203 Å². The summed E-state index contributed by atoms with van der Waals surface area (Å²) in [5.74, 6) is 2.02. The fourth-order valence-corrected chi connectivity index (χ4v) is 8.65. The Morgan fingerprint density at radius 1 is 0.426 bits per heavy atom. The standard InChI is InChI=1S/C51H34N3/c1-5-16-34(17-6-1)37-28-29-41-43-32-44-42-26-13-14-27-47(42)53(48(44)33-46(43)49(45(41)31-37)35-18-7-2-8-19-35)40-25-15-22-38(30-40)51-52-50(36-20-9-3-10-21-36)54(51)39-23-11-4-12-24-39/h1-33,49H/q+1/t49-/m0/s1. The lowest BCUT2D eigenvalue weighted by Crippen LogP contribution is -2.34. The van der Waals surface area contributed by atoms with Crippen molar-refractivity contribution in [1.82, 2.24) is 4.57 Å². The van der Waals surface area contributed by atoms with Crippen molar-refractivity contribution < 1.29 is 4.58 Å². The number of fused-ring (bicyclic) bond motifs is 6. The molecule has 11 rings (SSSR count). The second kappa shape index (κ2) is 12.3. The van der Waals surface area contributed by atoms with Gasteiger partial charge in [0.2, 0.25) is 0 Å². The van der Waals surface area contributed by atoms with E-state index < -0.39 is 0 Å². The zero-order valence-electron chi connectivity index (χ0n) is 29.5. The molecule has 0 amide bonds. The minimum atomic E-state index is 0.123. The van der Waals surface area contributed by atoms with E-state index >= 15 is 0 Å². The van der Waals surface area contributed by atoms with E-state index in [1.807, 2.05) is 6.07 Å². The largest absolute Gasteiger partial charge is 0.309 e. The number of hydrogen-bond donors (Lipinski definition) is 0. The second-order valence-corrected chi connectivity index (χ2v) is 14.2. The number of nitrogens with zero attached hydrogens (tertiary/aromatic N) is 3. The van der Waals surface area contributed by atoms with Crippen molar-refractivity contribution >= 4 is 39.2 Å². The molecule has 1 aromatic heterocycles. The first-order chi connectivity index (χ1) is 26.8. The SMILES string of the molecule is c1ccc(C2=NC(c3cccc(-n4c5ccccc5c5cc6c(cc54)[C@@H](c4ccccc4)c4cc(-c5ccccc5)ccc4-6)c3)=[N+]2c2ccccc2)cc1. The number of para-hydroxylation sites is 2. The molecule has 0 fully saturated rings. The topological polar surface area (TPSA) is 20.3 Å². The van der Waals surface area contributed by atoms with Crippen LogP contribution in [0.15, 0.2) is 205 Å². The number of rotatable bonds is 6. The quantitative estimate of drug-likeness (QED) is 0.155. The lowest BCUT2D eigenvalue weighted by atomic mass is 9.88. The van der Waals surface area contributed by atoms with Gasteiger partial charge in [-0.1, -0.05) is 138 Å². The third kappa shape index (κ3) is 4.76. The van der Waals surface area contributed by atoms with Crippen LogP contribution in [0.25, 0.3) is 49.7 Å². The average molecular weight is 689 g/mol. The molecule has 2 aliphatic rings. The van der Waals surface area contributed by atoms with E-state index in [1.165, 1.54) is 60.8 Å². The molecule has 1 atom stereocenters. The van der Waals surface area contributed by atoms with Crippen LogP contribution < -0.4 is 0 Å². The first kappa shape index (κ1) is 30.5. The molecule has 0 N–H and O–H groups in total. The fraction of sp³-hybridized carbons (Fsp3) is 0.0196. The normalized spacial score (nSPS) is 14.5. The Bertz CT molecular complexity index is 2960. The van der Waals surface area contributed by atoms with Crippen LogP contribution in [0.3, 0.4) is 0 Å². The molecule has 2 heterocycles. The van der Waals surface area contributed by atoms with Crippen LogP contribution in [0.4, 0.5) is 5.69 Å². The van der Waals surface area contributed by atoms with Gasteiger partial charge >= 0.3 is 0 Å². The van der Waals surface area contributed by atoms with Gasteiger partial charge in [0, 0.05) is 22.4 Å². The highest BCUT2D eigenvalue weighted by Gasteiger charge is 2.34. The second-order valence-electron chi connectivity index (χ2n) is 14.2. The van der Waals surface area contributed by atoms with Gasteiger partial charge in [-0.05, 0) is 106 Å². The molecule has 252 valence electrons. The number of benzene rings is 8. The molecule has 0 radical (unpaired) electrons. The Labute approximate surface area is 314 Å². The van der Waals surface area contributed by atoms with E-state index in [1.54, 1.807) is 0 Å². The minimum absolute atomic E-state index is 0.123. The Balaban J connectivity index is 1.11. The Morgan fingerprint density at radius 3 is 1.85 bits per heavy atom. The van der Waals surface area contributed by atoms with Crippen LogP contribution in [0.1, 0.15) is 33.7 Å². The maximum Gasteiger partial charge on any atom is 0.279 e. The lowest BCUT2D eigenvalue weighted by molar-refractivity contribution is -0.319. The summed E-state index contributed by atoms with van der Waals surface area (Å²) in [6, 6.07) is 72.4. The summed E-state index contributed by atoms with van der Waals surface area (Å²) in [7, 11) is 0. The highest BCUT2D eigenvalue weighted by atomic mass is 15.2. The molecule has 0 unspecified atom stereocenters. The highest BCUT2D eigenvalue weighted by molar-refractivity contribution is 6.16. The molecule has 0 saturated carbocycles. The molecule has 9 aromatic rings. The fourth-order valence-electron chi connectivity index (χ4n) is 8.65. The summed E-state index contributed by atoms with van der Waals surface area (Å²) in [6.07, 6.45) is 0. The molecule has 1 aliphatic carbocycles.